The van der Waals surface area contributed by atoms with Gasteiger partial charge in [0.15, 0.2) is 0 Å². The fourth-order valence-electron chi connectivity index (χ4n) is 2.13. The van der Waals surface area contributed by atoms with E-state index >= 15 is 0 Å². The van der Waals surface area contributed by atoms with E-state index in [0.29, 0.717) is 0 Å². The Morgan fingerprint density at radius 3 is 2.43 bits per heavy atom. The normalized spacial score (nSPS) is 11.1. The van der Waals surface area contributed by atoms with Crippen molar-refractivity contribution in [3.63, 3.8) is 0 Å². The zero-order chi connectivity index (χ0) is 14.7. The number of pyridine rings is 1. The van der Waals surface area contributed by atoms with Gasteiger partial charge < -0.3 is 0 Å². The second kappa shape index (κ2) is 5.94. The number of hydrogen-bond donors (Lipinski definition) is 0. The molecule has 0 bridgehead atoms. The number of aryl methyl sites for hydroxylation is 1. The van der Waals surface area contributed by atoms with Gasteiger partial charge in [0.1, 0.15) is 0 Å². The lowest BCUT2D eigenvalue weighted by Gasteiger charge is -1.98. The van der Waals surface area contributed by atoms with E-state index in [1.165, 1.54) is 0 Å². The number of nitrogens with zero attached hydrogens (tertiary/aromatic N) is 3. The molecule has 0 spiro atoms. The Morgan fingerprint density at radius 1 is 1.00 bits per heavy atom. The van der Waals surface area contributed by atoms with Gasteiger partial charge in [0, 0.05) is 36.2 Å². The van der Waals surface area contributed by atoms with E-state index in [4.69, 9.17) is 11.6 Å². The van der Waals surface area contributed by atoms with Gasteiger partial charge in [-0.1, -0.05) is 29.8 Å². The first-order valence-electron chi connectivity index (χ1n) is 6.60. The monoisotopic (exact) mass is 295 g/mol. The number of aromatic nitrogens is 3. The molecule has 0 atom stereocenters. The van der Waals surface area contributed by atoms with E-state index in [1.807, 2.05) is 66.5 Å². The van der Waals surface area contributed by atoms with E-state index in [-0.39, 0.29) is 0 Å². The molecule has 0 N–H and O–H groups in total. The Kier molecular flexibility index (Phi) is 3.84. The highest BCUT2D eigenvalue weighted by molar-refractivity contribution is 6.30. The molecule has 3 nitrogen and oxygen atoms in total. The van der Waals surface area contributed by atoms with Crippen LogP contribution in [0.1, 0.15) is 11.3 Å². The molecular weight excluding hydrogens is 282 g/mol. The Morgan fingerprint density at radius 2 is 1.71 bits per heavy atom. The zero-order valence-electron chi connectivity index (χ0n) is 11.6. The number of hydrogen-bond acceptors (Lipinski definition) is 2. The Balaban J connectivity index is 1.94. The van der Waals surface area contributed by atoms with Crippen LogP contribution >= 0.6 is 11.6 Å². The minimum atomic E-state index is 0.738. The molecule has 0 aliphatic heterocycles. The van der Waals surface area contributed by atoms with Crippen molar-refractivity contribution in [3.8, 4) is 11.1 Å². The van der Waals surface area contributed by atoms with Crippen LogP contribution in [-0.2, 0) is 7.05 Å². The predicted molar refractivity (Wildman–Crippen MR) is 86.8 cm³/mol. The van der Waals surface area contributed by atoms with Crippen molar-refractivity contribution in [2.45, 2.75) is 0 Å². The van der Waals surface area contributed by atoms with Crippen molar-refractivity contribution in [1.29, 1.82) is 0 Å². The molecule has 0 radical (unpaired) electrons. The van der Waals surface area contributed by atoms with E-state index in [2.05, 4.69) is 10.1 Å². The van der Waals surface area contributed by atoms with E-state index in [9.17, 15) is 0 Å². The molecule has 1 aromatic carbocycles. The summed E-state index contributed by atoms with van der Waals surface area (Å²) < 4.78 is 1.82. The van der Waals surface area contributed by atoms with Crippen LogP contribution in [0.3, 0.4) is 0 Å². The first kappa shape index (κ1) is 13.6. The zero-order valence-corrected chi connectivity index (χ0v) is 12.3. The van der Waals surface area contributed by atoms with Crippen LogP contribution < -0.4 is 0 Å². The van der Waals surface area contributed by atoms with Crippen LogP contribution in [0.25, 0.3) is 23.3 Å². The first-order valence-corrected chi connectivity index (χ1v) is 6.98. The van der Waals surface area contributed by atoms with Crippen LogP contribution in [0.2, 0.25) is 5.02 Å². The Bertz CT molecular complexity index is 758. The lowest BCUT2D eigenvalue weighted by Crippen LogP contribution is -1.86. The third kappa shape index (κ3) is 3.20. The summed E-state index contributed by atoms with van der Waals surface area (Å²) in [5.74, 6) is 0. The molecule has 2 heterocycles. The average Bonchev–Trinajstić information content (AvgIpc) is 2.89. The summed E-state index contributed by atoms with van der Waals surface area (Å²) in [7, 11) is 1.92. The molecule has 0 amide bonds. The highest BCUT2D eigenvalue weighted by atomic mass is 35.5. The van der Waals surface area contributed by atoms with Gasteiger partial charge in [0.05, 0.1) is 5.69 Å². The molecule has 104 valence electrons. The third-order valence-corrected chi connectivity index (χ3v) is 3.40. The van der Waals surface area contributed by atoms with Crippen molar-refractivity contribution in [1.82, 2.24) is 14.8 Å². The lowest BCUT2D eigenvalue weighted by molar-refractivity contribution is 0.765. The van der Waals surface area contributed by atoms with Crippen LogP contribution in [-0.4, -0.2) is 14.8 Å². The van der Waals surface area contributed by atoms with Crippen LogP contribution in [0, 0.1) is 0 Å². The first-order chi connectivity index (χ1) is 10.2. The summed E-state index contributed by atoms with van der Waals surface area (Å²) in [5, 5.41) is 5.24. The fourth-order valence-corrected chi connectivity index (χ4v) is 2.26. The van der Waals surface area contributed by atoms with Crippen LogP contribution in [0.15, 0.2) is 55.0 Å². The second-order valence-corrected chi connectivity index (χ2v) is 5.16. The molecule has 2 aromatic heterocycles. The maximum Gasteiger partial charge on any atom is 0.0929 e. The summed E-state index contributed by atoms with van der Waals surface area (Å²) in [4.78, 5) is 4.05. The highest BCUT2D eigenvalue weighted by Crippen LogP contribution is 2.23. The molecule has 4 heteroatoms. The van der Waals surface area contributed by atoms with Gasteiger partial charge in [-0.2, -0.15) is 5.10 Å². The van der Waals surface area contributed by atoms with E-state index < -0.39 is 0 Å². The highest BCUT2D eigenvalue weighted by Gasteiger charge is 2.06. The minimum Gasteiger partial charge on any atom is -0.275 e. The fraction of sp³-hybridized carbons (Fsp3) is 0.0588. The van der Waals surface area contributed by atoms with Crippen molar-refractivity contribution >= 4 is 23.8 Å². The maximum absolute atomic E-state index is 5.89. The Hall–Kier alpha value is -2.39. The molecule has 3 aromatic rings. The van der Waals surface area contributed by atoms with E-state index in [0.717, 1.165) is 27.4 Å². The second-order valence-electron chi connectivity index (χ2n) is 4.72. The van der Waals surface area contributed by atoms with Crippen molar-refractivity contribution in [2.24, 2.45) is 7.05 Å². The van der Waals surface area contributed by atoms with Gasteiger partial charge in [-0.3, -0.25) is 9.67 Å². The largest absolute Gasteiger partial charge is 0.275 e. The summed E-state index contributed by atoms with van der Waals surface area (Å²) in [6, 6.07) is 11.7. The molecule has 0 saturated carbocycles. The number of benzene rings is 1. The minimum absolute atomic E-state index is 0.738. The van der Waals surface area contributed by atoms with Gasteiger partial charge >= 0.3 is 0 Å². The molecule has 0 aliphatic rings. The number of halogens is 1. The van der Waals surface area contributed by atoms with Crippen molar-refractivity contribution in [2.75, 3.05) is 0 Å². The van der Waals surface area contributed by atoms with Crippen molar-refractivity contribution < 1.29 is 0 Å². The lowest BCUT2D eigenvalue weighted by atomic mass is 10.1. The smallest absolute Gasteiger partial charge is 0.0929 e. The summed E-state index contributed by atoms with van der Waals surface area (Å²) in [6.45, 7) is 0. The SMILES string of the molecule is Cn1cc(-c2ccncc2)c(/C=C/c2ccc(Cl)cc2)n1. The molecular formula is C17H14ClN3. The topological polar surface area (TPSA) is 30.7 Å². The molecule has 0 saturated heterocycles. The average molecular weight is 296 g/mol. The summed E-state index contributed by atoms with van der Waals surface area (Å²) in [6.07, 6.45) is 9.63. The third-order valence-electron chi connectivity index (χ3n) is 3.15. The van der Waals surface area contributed by atoms with E-state index in [1.54, 1.807) is 12.4 Å². The van der Waals surface area contributed by atoms with Crippen LogP contribution in [0.4, 0.5) is 0 Å². The molecule has 0 fully saturated rings. The Labute approximate surface area is 128 Å². The number of rotatable bonds is 3. The van der Waals surface area contributed by atoms with Gasteiger partial charge in [-0.25, -0.2) is 0 Å². The van der Waals surface area contributed by atoms with Gasteiger partial charge in [-0.15, -0.1) is 0 Å². The summed E-state index contributed by atoms with van der Waals surface area (Å²) in [5.41, 5.74) is 4.21. The van der Waals surface area contributed by atoms with Crippen LogP contribution in [0.5, 0.6) is 0 Å². The van der Waals surface area contributed by atoms with Gasteiger partial charge in [0.2, 0.25) is 0 Å². The molecule has 0 unspecified atom stereocenters. The standard InChI is InChI=1S/C17H14ClN3/c1-21-12-16(14-8-10-19-11-9-14)17(20-21)7-4-13-2-5-15(18)6-3-13/h2-12H,1H3/b7-4+. The maximum atomic E-state index is 5.89. The molecule has 21 heavy (non-hydrogen) atoms. The van der Waals surface area contributed by atoms with Crippen molar-refractivity contribution in [3.05, 3.63) is 71.3 Å². The molecule has 3 rings (SSSR count). The quantitative estimate of drug-likeness (QED) is 0.721. The predicted octanol–water partition coefficient (Wildman–Crippen LogP) is 4.31. The van der Waals surface area contributed by atoms with Gasteiger partial charge in [-0.05, 0) is 41.5 Å². The summed E-state index contributed by atoms with van der Waals surface area (Å²) >= 11 is 5.89. The van der Waals surface area contributed by atoms with Gasteiger partial charge in [0.25, 0.3) is 0 Å². The molecule has 0 aliphatic carbocycles.